The second-order valence-electron chi connectivity index (χ2n) is 5.27. The highest BCUT2D eigenvalue weighted by molar-refractivity contribution is 6.31. The van der Waals surface area contributed by atoms with Gasteiger partial charge in [-0.05, 0) is 36.3 Å². The van der Waals surface area contributed by atoms with Crippen molar-refractivity contribution in [3.8, 4) is 0 Å². The van der Waals surface area contributed by atoms with Crippen LogP contribution in [0.25, 0.3) is 6.08 Å². The zero-order valence-corrected chi connectivity index (χ0v) is 14.5. The average molecular weight is 356 g/mol. The molecule has 2 aromatic carbocycles. The van der Waals surface area contributed by atoms with Crippen LogP contribution in [0.15, 0.2) is 59.7 Å². The molecule has 6 heteroatoms. The van der Waals surface area contributed by atoms with Crippen LogP contribution >= 0.6 is 11.6 Å². The predicted octanol–water partition coefficient (Wildman–Crippen LogP) is 3.79. The Bertz CT molecular complexity index is 802. The number of hydrazone groups is 1. The molecule has 2 aromatic rings. The van der Waals surface area contributed by atoms with Crippen molar-refractivity contribution in [3.05, 3.63) is 70.8 Å². The van der Waals surface area contributed by atoms with Crippen molar-refractivity contribution < 1.29 is 9.59 Å². The number of carbonyl (C=O) groups is 2. The number of hydrogen-bond acceptors (Lipinski definition) is 3. The van der Waals surface area contributed by atoms with Crippen LogP contribution < -0.4 is 10.7 Å². The molecule has 0 radical (unpaired) electrons. The van der Waals surface area contributed by atoms with E-state index in [1.807, 2.05) is 43.3 Å². The molecule has 0 aliphatic rings. The third-order valence-electron chi connectivity index (χ3n) is 3.21. The Hall–Kier alpha value is -2.92. The van der Waals surface area contributed by atoms with Gasteiger partial charge in [0.1, 0.15) is 6.42 Å². The minimum absolute atomic E-state index is 0.328. The number of rotatable bonds is 6. The molecule has 0 bridgehead atoms. The number of hydrogen-bond donors (Lipinski definition) is 2. The summed E-state index contributed by atoms with van der Waals surface area (Å²) in [6, 6.07) is 14.8. The van der Waals surface area contributed by atoms with Crippen LogP contribution in [0.1, 0.15) is 17.5 Å². The molecule has 0 aliphatic heterocycles. The Kier molecular flexibility index (Phi) is 6.92. The Morgan fingerprint density at radius 3 is 2.60 bits per heavy atom. The van der Waals surface area contributed by atoms with Gasteiger partial charge in [-0.3, -0.25) is 9.59 Å². The molecule has 0 heterocycles. The Morgan fingerprint density at radius 1 is 1.12 bits per heavy atom. The van der Waals surface area contributed by atoms with Gasteiger partial charge >= 0.3 is 0 Å². The predicted molar refractivity (Wildman–Crippen MR) is 102 cm³/mol. The van der Waals surface area contributed by atoms with E-state index in [4.69, 9.17) is 11.6 Å². The highest BCUT2D eigenvalue weighted by Gasteiger charge is 2.09. The first-order valence-electron chi connectivity index (χ1n) is 7.64. The number of benzene rings is 2. The number of amides is 2. The monoisotopic (exact) mass is 355 g/mol. The SMILES string of the molecule is Cc1ccc(NC(=O)CC(=O)NN=CC=Cc2ccccc2)cc1Cl. The summed E-state index contributed by atoms with van der Waals surface area (Å²) in [7, 11) is 0. The first kappa shape index (κ1) is 18.4. The van der Waals surface area contributed by atoms with Crippen molar-refractivity contribution in [1.29, 1.82) is 0 Å². The van der Waals surface area contributed by atoms with Crippen molar-refractivity contribution in [2.24, 2.45) is 5.10 Å². The summed E-state index contributed by atoms with van der Waals surface area (Å²) in [6.07, 6.45) is 4.67. The van der Waals surface area contributed by atoms with E-state index >= 15 is 0 Å². The fourth-order valence-corrected chi connectivity index (χ4v) is 2.11. The Morgan fingerprint density at radius 2 is 1.88 bits per heavy atom. The molecule has 0 unspecified atom stereocenters. The molecule has 2 N–H and O–H groups in total. The molecular weight excluding hydrogens is 338 g/mol. The molecule has 0 spiro atoms. The molecule has 0 fully saturated rings. The molecule has 0 aromatic heterocycles. The fourth-order valence-electron chi connectivity index (χ4n) is 1.93. The molecule has 128 valence electrons. The molecule has 0 saturated heterocycles. The fraction of sp³-hybridized carbons (Fsp3) is 0.105. The van der Waals surface area contributed by atoms with Gasteiger partial charge in [0.15, 0.2) is 0 Å². The number of allylic oxidation sites excluding steroid dienone is 1. The number of nitrogens with zero attached hydrogens (tertiary/aromatic N) is 1. The number of anilines is 1. The van der Waals surface area contributed by atoms with Gasteiger partial charge in [-0.2, -0.15) is 5.10 Å². The Balaban J connectivity index is 1.75. The van der Waals surface area contributed by atoms with E-state index in [9.17, 15) is 9.59 Å². The molecule has 2 amide bonds. The van der Waals surface area contributed by atoms with Gasteiger partial charge in [0.05, 0.1) is 0 Å². The molecule has 2 rings (SSSR count). The molecule has 0 atom stereocenters. The molecular formula is C19H18ClN3O2. The number of nitrogens with one attached hydrogen (secondary N) is 2. The van der Waals surface area contributed by atoms with Crippen molar-refractivity contribution in [3.63, 3.8) is 0 Å². The van der Waals surface area contributed by atoms with Crippen LogP contribution in [0.2, 0.25) is 5.02 Å². The summed E-state index contributed by atoms with van der Waals surface area (Å²) in [5.41, 5.74) is 4.78. The first-order valence-corrected chi connectivity index (χ1v) is 8.02. The van der Waals surface area contributed by atoms with Gasteiger partial charge in [0.2, 0.25) is 11.8 Å². The van der Waals surface area contributed by atoms with E-state index in [1.165, 1.54) is 6.21 Å². The maximum absolute atomic E-state index is 11.8. The minimum Gasteiger partial charge on any atom is -0.326 e. The topological polar surface area (TPSA) is 70.6 Å². The second kappa shape index (κ2) is 9.39. The third-order valence-corrected chi connectivity index (χ3v) is 3.62. The highest BCUT2D eigenvalue weighted by Crippen LogP contribution is 2.19. The normalized spacial score (nSPS) is 11.0. The van der Waals surface area contributed by atoms with Gasteiger partial charge < -0.3 is 5.32 Å². The average Bonchev–Trinajstić information content (AvgIpc) is 2.58. The van der Waals surface area contributed by atoms with Crippen molar-refractivity contribution >= 4 is 41.4 Å². The van der Waals surface area contributed by atoms with Gasteiger partial charge in [-0.25, -0.2) is 5.43 Å². The summed E-state index contributed by atoms with van der Waals surface area (Å²) in [5.74, 6) is -0.937. The largest absolute Gasteiger partial charge is 0.326 e. The summed E-state index contributed by atoms with van der Waals surface area (Å²) in [4.78, 5) is 23.5. The Labute approximate surface area is 151 Å². The summed E-state index contributed by atoms with van der Waals surface area (Å²) < 4.78 is 0. The summed E-state index contributed by atoms with van der Waals surface area (Å²) >= 11 is 5.99. The van der Waals surface area contributed by atoms with E-state index < -0.39 is 11.8 Å². The van der Waals surface area contributed by atoms with Crippen molar-refractivity contribution in [2.75, 3.05) is 5.32 Å². The maximum Gasteiger partial charge on any atom is 0.249 e. The molecule has 25 heavy (non-hydrogen) atoms. The molecule has 5 nitrogen and oxygen atoms in total. The number of halogens is 1. The first-order chi connectivity index (χ1) is 12.0. The quantitative estimate of drug-likeness (QED) is 0.470. The van der Waals surface area contributed by atoms with Crippen LogP contribution in [0.5, 0.6) is 0 Å². The van der Waals surface area contributed by atoms with Crippen molar-refractivity contribution in [1.82, 2.24) is 5.43 Å². The van der Waals surface area contributed by atoms with Gasteiger partial charge in [0.25, 0.3) is 0 Å². The standard InChI is InChI=1S/C19H18ClN3O2/c1-14-9-10-16(12-17(14)20)22-18(24)13-19(25)23-21-11-5-8-15-6-3-2-4-7-15/h2-12H,13H2,1H3,(H,22,24)(H,23,25). The van der Waals surface area contributed by atoms with Crippen LogP contribution in [0.4, 0.5) is 5.69 Å². The van der Waals surface area contributed by atoms with Crippen LogP contribution in [-0.4, -0.2) is 18.0 Å². The summed E-state index contributed by atoms with van der Waals surface area (Å²) in [5, 5.41) is 6.93. The van der Waals surface area contributed by atoms with Gasteiger partial charge in [0, 0.05) is 16.9 Å². The van der Waals surface area contributed by atoms with E-state index in [0.717, 1.165) is 11.1 Å². The van der Waals surface area contributed by atoms with Gasteiger partial charge in [-0.15, -0.1) is 0 Å². The lowest BCUT2D eigenvalue weighted by molar-refractivity contribution is -0.126. The van der Waals surface area contributed by atoms with Gasteiger partial charge in [-0.1, -0.05) is 54.1 Å². The minimum atomic E-state index is -0.500. The zero-order valence-electron chi connectivity index (χ0n) is 13.7. The van der Waals surface area contributed by atoms with Crippen LogP contribution in [-0.2, 0) is 9.59 Å². The van der Waals surface area contributed by atoms with Crippen molar-refractivity contribution in [2.45, 2.75) is 13.3 Å². The second-order valence-corrected chi connectivity index (χ2v) is 5.68. The molecule has 0 saturated carbocycles. The lowest BCUT2D eigenvalue weighted by atomic mass is 10.2. The smallest absolute Gasteiger partial charge is 0.249 e. The number of carbonyl (C=O) groups excluding carboxylic acids is 2. The van der Waals surface area contributed by atoms with Crippen LogP contribution in [0, 0.1) is 6.92 Å². The van der Waals surface area contributed by atoms with Crippen LogP contribution in [0.3, 0.4) is 0 Å². The summed E-state index contributed by atoms with van der Waals surface area (Å²) in [6.45, 7) is 1.87. The molecule has 0 aliphatic carbocycles. The number of aryl methyl sites for hydroxylation is 1. The lowest BCUT2D eigenvalue weighted by Gasteiger charge is -2.06. The lowest BCUT2D eigenvalue weighted by Crippen LogP contribution is -2.24. The van der Waals surface area contributed by atoms with E-state index in [0.29, 0.717) is 10.7 Å². The van der Waals surface area contributed by atoms with E-state index in [-0.39, 0.29) is 6.42 Å². The van der Waals surface area contributed by atoms with E-state index in [2.05, 4.69) is 15.8 Å². The maximum atomic E-state index is 11.8. The highest BCUT2D eigenvalue weighted by atomic mass is 35.5. The zero-order chi connectivity index (χ0) is 18.1. The third kappa shape index (κ3) is 6.61. The van der Waals surface area contributed by atoms with E-state index in [1.54, 1.807) is 24.3 Å².